The molecule has 0 heterocycles. The van der Waals surface area contributed by atoms with Crippen molar-refractivity contribution in [3.05, 3.63) is 64.1 Å². The Hall–Kier alpha value is -1.61. The van der Waals surface area contributed by atoms with E-state index in [0.717, 1.165) is 16.6 Å². The zero-order chi connectivity index (χ0) is 13.7. The van der Waals surface area contributed by atoms with E-state index in [1.54, 1.807) is 0 Å². The number of rotatable bonds is 4. The number of carbonyl (C=O) groups is 1. The summed E-state index contributed by atoms with van der Waals surface area (Å²) in [6.45, 7) is 2.06. The van der Waals surface area contributed by atoms with Crippen molar-refractivity contribution in [1.82, 2.24) is 0 Å². The molecule has 0 aliphatic rings. The van der Waals surface area contributed by atoms with Gasteiger partial charge in [-0.15, -0.1) is 0 Å². The van der Waals surface area contributed by atoms with Gasteiger partial charge < -0.3 is 5.32 Å². The minimum Gasteiger partial charge on any atom is -0.326 e. The number of nitrogens with one attached hydrogen (secondary N) is 1. The highest BCUT2D eigenvalue weighted by atomic mass is 79.9. The van der Waals surface area contributed by atoms with E-state index in [4.69, 9.17) is 0 Å². The van der Waals surface area contributed by atoms with E-state index in [2.05, 4.69) is 52.4 Å². The maximum Gasteiger partial charge on any atom is 0.224 e. The average Bonchev–Trinajstić information content (AvgIpc) is 2.41. The van der Waals surface area contributed by atoms with Crippen LogP contribution in [-0.4, -0.2) is 5.91 Å². The van der Waals surface area contributed by atoms with Crippen molar-refractivity contribution in [1.29, 1.82) is 0 Å². The number of aryl methyl sites for hydroxylation is 2. The molecule has 1 amide bonds. The Morgan fingerprint density at radius 2 is 1.68 bits per heavy atom. The van der Waals surface area contributed by atoms with Crippen molar-refractivity contribution in [2.75, 3.05) is 5.32 Å². The van der Waals surface area contributed by atoms with Crippen LogP contribution in [-0.2, 0) is 11.2 Å². The molecule has 2 nitrogen and oxygen atoms in total. The van der Waals surface area contributed by atoms with Crippen molar-refractivity contribution < 1.29 is 4.79 Å². The molecule has 2 rings (SSSR count). The third-order valence-electron chi connectivity index (χ3n) is 2.89. The first-order valence-electron chi connectivity index (χ1n) is 6.24. The standard InChI is InChI=1S/C16H16BrNO/c1-12-2-4-13(5-3-12)6-11-16(19)18-15-9-7-14(17)8-10-15/h2-5,7-10H,6,11H2,1H3,(H,18,19). The van der Waals surface area contributed by atoms with Gasteiger partial charge in [-0.3, -0.25) is 4.79 Å². The minimum absolute atomic E-state index is 0.0443. The second kappa shape index (κ2) is 6.53. The predicted molar refractivity (Wildman–Crippen MR) is 82.3 cm³/mol. The number of benzene rings is 2. The van der Waals surface area contributed by atoms with E-state index in [-0.39, 0.29) is 5.91 Å². The lowest BCUT2D eigenvalue weighted by Crippen LogP contribution is -2.12. The Labute approximate surface area is 122 Å². The average molecular weight is 318 g/mol. The van der Waals surface area contributed by atoms with Gasteiger partial charge in [-0.2, -0.15) is 0 Å². The fourth-order valence-corrected chi connectivity index (χ4v) is 2.03. The monoisotopic (exact) mass is 317 g/mol. The Morgan fingerprint density at radius 1 is 1.05 bits per heavy atom. The third kappa shape index (κ3) is 4.52. The van der Waals surface area contributed by atoms with Crippen LogP contribution < -0.4 is 5.32 Å². The second-order valence-corrected chi connectivity index (χ2v) is 5.46. The summed E-state index contributed by atoms with van der Waals surface area (Å²) < 4.78 is 1.00. The van der Waals surface area contributed by atoms with Crippen LogP contribution in [0.15, 0.2) is 53.0 Å². The fourth-order valence-electron chi connectivity index (χ4n) is 1.77. The van der Waals surface area contributed by atoms with Gasteiger partial charge in [0.1, 0.15) is 0 Å². The Kier molecular flexibility index (Phi) is 4.74. The lowest BCUT2D eigenvalue weighted by atomic mass is 10.1. The van der Waals surface area contributed by atoms with Crippen molar-refractivity contribution in [3.63, 3.8) is 0 Å². The number of halogens is 1. The molecule has 0 aliphatic carbocycles. The summed E-state index contributed by atoms with van der Waals surface area (Å²) in [7, 11) is 0. The molecule has 19 heavy (non-hydrogen) atoms. The number of carbonyl (C=O) groups excluding carboxylic acids is 1. The van der Waals surface area contributed by atoms with Crippen LogP contribution in [0.5, 0.6) is 0 Å². The molecule has 2 aromatic carbocycles. The van der Waals surface area contributed by atoms with Gasteiger partial charge in [-0.25, -0.2) is 0 Å². The molecule has 0 aromatic heterocycles. The zero-order valence-corrected chi connectivity index (χ0v) is 12.4. The molecule has 98 valence electrons. The van der Waals surface area contributed by atoms with Gasteiger partial charge in [0.2, 0.25) is 5.91 Å². The highest BCUT2D eigenvalue weighted by molar-refractivity contribution is 9.10. The van der Waals surface area contributed by atoms with Crippen molar-refractivity contribution >= 4 is 27.5 Å². The van der Waals surface area contributed by atoms with Crippen molar-refractivity contribution in [2.45, 2.75) is 19.8 Å². The molecule has 0 fully saturated rings. The molecule has 3 heteroatoms. The summed E-state index contributed by atoms with van der Waals surface area (Å²) >= 11 is 3.37. The number of hydrogen-bond acceptors (Lipinski definition) is 1. The van der Waals surface area contributed by atoms with Crippen LogP contribution in [0.25, 0.3) is 0 Å². The first-order chi connectivity index (χ1) is 9.13. The second-order valence-electron chi connectivity index (χ2n) is 4.54. The molecule has 0 spiro atoms. The predicted octanol–water partition coefficient (Wildman–Crippen LogP) is 4.33. The molecule has 0 unspecified atom stereocenters. The maximum absolute atomic E-state index is 11.8. The van der Waals surface area contributed by atoms with Gasteiger partial charge in [0.15, 0.2) is 0 Å². The summed E-state index contributed by atoms with van der Waals surface area (Å²) in [6.07, 6.45) is 1.27. The van der Waals surface area contributed by atoms with Gasteiger partial charge in [-0.1, -0.05) is 45.8 Å². The van der Waals surface area contributed by atoms with Gasteiger partial charge in [0.05, 0.1) is 0 Å². The zero-order valence-electron chi connectivity index (χ0n) is 10.8. The minimum atomic E-state index is 0.0443. The van der Waals surface area contributed by atoms with E-state index in [9.17, 15) is 4.79 Å². The summed E-state index contributed by atoms with van der Waals surface area (Å²) in [4.78, 5) is 11.8. The van der Waals surface area contributed by atoms with E-state index in [0.29, 0.717) is 6.42 Å². The van der Waals surface area contributed by atoms with Crippen LogP contribution in [0.4, 0.5) is 5.69 Å². The molecule has 1 N–H and O–H groups in total. The van der Waals surface area contributed by atoms with E-state index >= 15 is 0 Å². The molecule has 2 aromatic rings. The largest absolute Gasteiger partial charge is 0.326 e. The highest BCUT2D eigenvalue weighted by Crippen LogP contribution is 2.14. The third-order valence-corrected chi connectivity index (χ3v) is 3.42. The number of hydrogen-bond donors (Lipinski definition) is 1. The molecular formula is C16H16BrNO. The van der Waals surface area contributed by atoms with Crippen molar-refractivity contribution in [3.8, 4) is 0 Å². The van der Waals surface area contributed by atoms with E-state index in [1.165, 1.54) is 11.1 Å². The molecule has 0 saturated heterocycles. The summed E-state index contributed by atoms with van der Waals surface area (Å²) in [5.74, 6) is 0.0443. The summed E-state index contributed by atoms with van der Waals surface area (Å²) in [6, 6.07) is 15.9. The topological polar surface area (TPSA) is 29.1 Å². The Balaban J connectivity index is 1.84. The maximum atomic E-state index is 11.8. The summed E-state index contributed by atoms with van der Waals surface area (Å²) in [5, 5.41) is 2.89. The quantitative estimate of drug-likeness (QED) is 0.893. The Morgan fingerprint density at radius 3 is 2.32 bits per heavy atom. The normalized spacial score (nSPS) is 10.2. The smallest absolute Gasteiger partial charge is 0.224 e. The molecule has 0 saturated carbocycles. The SMILES string of the molecule is Cc1ccc(CCC(=O)Nc2ccc(Br)cc2)cc1. The molecule has 0 bridgehead atoms. The van der Waals surface area contributed by atoms with E-state index in [1.807, 2.05) is 24.3 Å². The van der Waals surface area contributed by atoms with Gasteiger partial charge in [-0.05, 0) is 43.2 Å². The fraction of sp³-hybridized carbons (Fsp3) is 0.188. The number of anilines is 1. The lowest BCUT2D eigenvalue weighted by Gasteiger charge is -2.05. The first kappa shape index (κ1) is 13.8. The van der Waals surface area contributed by atoms with Gasteiger partial charge in [0, 0.05) is 16.6 Å². The van der Waals surface area contributed by atoms with E-state index < -0.39 is 0 Å². The lowest BCUT2D eigenvalue weighted by molar-refractivity contribution is -0.116. The van der Waals surface area contributed by atoms with Crippen molar-refractivity contribution in [2.24, 2.45) is 0 Å². The van der Waals surface area contributed by atoms with Crippen LogP contribution in [0.1, 0.15) is 17.5 Å². The van der Waals surface area contributed by atoms with Gasteiger partial charge >= 0.3 is 0 Å². The summed E-state index contributed by atoms with van der Waals surface area (Å²) in [5.41, 5.74) is 3.26. The molecule has 0 atom stereocenters. The van der Waals surface area contributed by atoms with Crippen LogP contribution in [0, 0.1) is 6.92 Å². The molecular weight excluding hydrogens is 302 g/mol. The van der Waals surface area contributed by atoms with Crippen LogP contribution in [0.2, 0.25) is 0 Å². The Bertz CT molecular complexity index is 546. The molecule has 0 radical (unpaired) electrons. The van der Waals surface area contributed by atoms with Crippen LogP contribution in [0.3, 0.4) is 0 Å². The van der Waals surface area contributed by atoms with Crippen LogP contribution >= 0.6 is 15.9 Å². The first-order valence-corrected chi connectivity index (χ1v) is 7.04. The van der Waals surface area contributed by atoms with Gasteiger partial charge in [0.25, 0.3) is 0 Å². The molecule has 0 aliphatic heterocycles. The number of amides is 1. The highest BCUT2D eigenvalue weighted by Gasteiger charge is 2.03.